The second kappa shape index (κ2) is 10.5. The van der Waals surface area contributed by atoms with E-state index < -0.39 is 5.97 Å². The number of allylic oxidation sites excluding steroid dienone is 1. The Morgan fingerprint density at radius 2 is 1.68 bits per heavy atom. The maximum Gasteiger partial charge on any atom is 0.336 e. The molecule has 0 heterocycles. The average Bonchev–Trinajstić information content (AvgIpc) is 2.82. The predicted octanol–water partition coefficient (Wildman–Crippen LogP) is 5.39. The van der Waals surface area contributed by atoms with E-state index in [1.807, 2.05) is 54.6 Å². The minimum absolute atomic E-state index is 0.290. The van der Waals surface area contributed by atoms with Crippen LogP contribution in [0.25, 0.3) is 17.7 Å². The SMILES string of the molecule is COc1cccc(/C=C/C(=O)Oc2ccc(/C=C(/C#N)c3ccccc3)cc2OC)c1. The van der Waals surface area contributed by atoms with E-state index in [0.29, 0.717) is 17.1 Å². The normalized spacial score (nSPS) is 11.1. The number of rotatable bonds is 7. The molecule has 0 amide bonds. The molecular weight excluding hydrogens is 390 g/mol. The van der Waals surface area contributed by atoms with Crippen molar-refractivity contribution in [2.24, 2.45) is 0 Å². The van der Waals surface area contributed by atoms with Crippen LogP contribution in [0.4, 0.5) is 0 Å². The van der Waals surface area contributed by atoms with Crippen LogP contribution in [0.5, 0.6) is 17.2 Å². The van der Waals surface area contributed by atoms with Crippen molar-refractivity contribution in [1.29, 1.82) is 5.26 Å². The fraction of sp³-hybridized carbons (Fsp3) is 0.0769. The molecule has 3 aromatic carbocycles. The number of benzene rings is 3. The van der Waals surface area contributed by atoms with E-state index in [0.717, 1.165) is 16.7 Å². The van der Waals surface area contributed by atoms with E-state index in [1.165, 1.54) is 13.2 Å². The van der Waals surface area contributed by atoms with Crippen LogP contribution in [0.1, 0.15) is 16.7 Å². The number of hydrogen-bond donors (Lipinski definition) is 0. The summed E-state index contributed by atoms with van der Waals surface area (Å²) in [5.41, 5.74) is 2.91. The molecule has 0 aliphatic heterocycles. The van der Waals surface area contributed by atoms with E-state index >= 15 is 0 Å². The minimum atomic E-state index is -0.536. The molecule has 0 aliphatic rings. The highest BCUT2D eigenvalue weighted by Gasteiger charge is 2.10. The van der Waals surface area contributed by atoms with Gasteiger partial charge in [-0.25, -0.2) is 4.79 Å². The van der Waals surface area contributed by atoms with Crippen molar-refractivity contribution in [2.45, 2.75) is 0 Å². The second-order valence-electron chi connectivity index (χ2n) is 6.48. The van der Waals surface area contributed by atoms with E-state index in [9.17, 15) is 10.1 Å². The molecule has 0 saturated heterocycles. The van der Waals surface area contributed by atoms with Crippen LogP contribution in [0, 0.1) is 11.3 Å². The lowest BCUT2D eigenvalue weighted by Crippen LogP contribution is -2.05. The number of nitrogens with zero attached hydrogens (tertiary/aromatic N) is 1. The Morgan fingerprint density at radius 3 is 2.39 bits per heavy atom. The first-order valence-corrected chi connectivity index (χ1v) is 9.52. The summed E-state index contributed by atoms with van der Waals surface area (Å²) in [7, 11) is 3.08. The molecule has 154 valence electrons. The number of ether oxygens (including phenoxy) is 3. The van der Waals surface area contributed by atoms with Gasteiger partial charge in [-0.1, -0.05) is 48.5 Å². The van der Waals surface area contributed by atoms with Crippen LogP contribution in [0.2, 0.25) is 0 Å². The third-order valence-corrected chi connectivity index (χ3v) is 4.42. The fourth-order valence-electron chi connectivity index (χ4n) is 2.87. The summed E-state index contributed by atoms with van der Waals surface area (Å²) >= 11 is 0. The van der Waals surface area contributed by atoms with Gasteiger partial charge in [0.2, 0.25) is 0 Å². The molecule has 0 saturated carbocycles. The van der Waals surface area contributed by atoms with Gasteiger partial charge >= 0.3 is 5.97 Å². The maximum atomic E-state index is 12.3. The van der Waals surface area contributed by atoms with E-state index in [-0.39, 0.29) is 5.75 Å². The molecule has 31 heavy (non-hydrogen) atoms. The Labute approximate surface area is 181 Å². The molecule has 0 fully saturated rings. The van der Waals surface area contributed by atoms with Crippen molar-refractivity contribution in [3.63, 3.8) is 0 Å². The smallest absolute Gasteiger partial charge is 0.336 e. The Balaban J connectivity index is 1.77. The Morgan fingerprint density at radius 1 is 0.871 bits per heavy atom. The summed E-state index contributed by atoms with van der Waals surface area (Å²) in [6.45, 7) is 0. The highest BCUT2D eigenvalue weighted by atomic mass is 16.6. The topological polar surface area (TPSA) is 68.5 Å². The third kappa shape index (κ3) is 5.84. The lowest BCUT2D eigenvalue weighted by Gasteiger charge is -2.09. The number of esters is 1. The first kappa shape index (κ1) is 21.4. The van der Waals surface area contributed by atoms with Crippen molar-refractivity contribution in [2.75, 3.05) is 14.2 Å². The van der Waals surface area contributed by atoms with Gasteiger partial charge in [-0.2, -0.15) is 5.26 Å². The molecule has 0 N–H and O–H groups in total. The van der Waals surface area contributed by atoms with E-state index in [1.54, 1.807) is 37.5 Å². The van der Waals surface area contributed by atoms with Gasteiger partial charge in [-0.3, -0.25) is 0 Å². The van der Waals surface area contributed by atoms with E-state index in [4.69, 9.17) is 14.2 Å². The second-order valence-corrected chi connectivity index (χ2v) is 6.48. The van der Waals surface area contributed by atoms with Gasteiger partial charge in [0.1, 0.15) is 5.75 Å². The van der Waals surface area contributed by atoms with Crippen LogP contribution >= 0.6 is 0 Å². The number of hydrogen-bond acceptors (Lipinski definition) is 5. The van der Waals surface area contributed by atoms with Crippen LogP contribution in [0.15, 0.2) is 78.9 Å². The largest absolute Gasteiger partial charge is 0.497 e. The van der Waals surface area contributed by atoms with Crippen LogP contribution in [-0.4, -0.2) is 20.2 Å². The monoisotopic (exact) mass is 411 g/mol. The minimum Gasteiger partial charge on any atom is -0.497 e. The first-order valence-electron chi connectivity index (χ1n) is 9.52. The lowest BCUT2D eigenvalue weighted by molar-refractivity contribution is -0.129. The number of carbonyl (C=O) groups excluding carboxylic acids is 1. The number of nitriles is 1. The molecular formula is C26H21NO4. The van der Waals surface area contributed by atoms with Crippen molar-refractivity contribution in [3.05, 3.63) is 95.6 Å². The summed E-state index contributed by atoms with van der Waals surface area (Å²) in [6.07, 6.45) is 4.74. The summed E-state index contributed by atoms with van der Waals surface area (Å²) in [5.74, 6) is 0.847. The molecule has 5 heteroatoms. The summed E-state index contributed by atoms with van der Waals surface area (Å²) < 4.78 is 16.0. The maximum absolute atomic E-state index is 12.3. The van der Waals surface area contributed by atoms with Gasteiger partial charge in [0.15, 0.2) is 11.5 Å². The summed E-state index contributed by atoms with van der Waals surface area (Å²) in [5, 5.41) is 9.49. The number of carbonyl (C=O) groups is 1. The predicted molar refractivity (Wildman–Crippen MR) is 121 cm³/mol. The van der Waals surface area contributed by atoms with Gasteiger partial charge in [-0.15, -0.1) is 0 Å². The highest BCUT2D eigenvalue weighted by molar-refractivity contribution is 5.91. The quantitative estimate of drug-likeness (QED) is 0.171. The third-order valence-electron chi connectivity index (χ3n) is 4.42. The zero-order chi connectivity index (χ0) is 22.1. The van der Waals surface area contributed by atoms with Gasteiger partial charge in [-0.05, 0) is 53.1 Å². The van der Waals surface area contributed by atoms with Gasteiger partial charge < -0.3 is 14.2 Å². The van der Waals surface area contributed by atoms with Crippen LogP contribution in [-0.2, 0) is 4.79 Å². The molecule has 3 rings (SSSR count). The molecule has 3 aromatic rings. The molecule has 5 nitrogen and oxygen atoms in total. The van der Waals surface area contributed by atoms with Crippen molar-refractivity contribution >= 4 is 23.7 Å². The van der Waals surface area contributed by atoms with Crippen LogP contribution < -0.4 is 14.2 Å². The van der Waals surface area contributed by atoms with Crippen molar-refractivity contribution < 1.29 is 19.0 Å². The van der Waals surface area contributed by atoms with Gasteiger partial charge in [0.25, 0.3) is 0 Å². The van der Waals surface area contributed by atoms with Gasteiger partial charge in [0, 0.05) is 6.08 Å². The standard InChI is InChI=1S/C26H21NO4/c1-29-23-10-6-7-19(16-23)12-14-26(28)31-24-13-11-20(17-25(24)30-2)15-22(18-27)21-8-4-3-5-9-21/h3-17H,1-2H3/b14-12+,22-15-. The first-order chi connectivity index (χ1) is 15.1. The zero-order valence-corrected chi connectivity index (χ0v) is 17.2. The molecule has 0 radical (unpaired) electrons. The highest BCUT2D eigenvalue weighted by Crippen LogP contribution is 2.30. The molecule has 0 aliphatic carbocycles. The van der Waals surface area contributed by atoms with Gasteiger partial charge in [0.05, 0.1) is 25.9 Å². The molecule has 0 aromatic heterocycles. The average molecular weight is 411 g/mol. The number of methoxy groups -OCH3 is 2. The van der Waals surface area contributed by atoms with Crippen molar-refractivity contribution in [3.8, 4) is 23.3 Å². The Hall–Kier alpha value is -4.30. The zero-order valence-electron chi connectivity index (χ0n) is 17.2. The van der Waals surface area contributed by atoms with Crippen molar-refractivity contribution in [1.82, 2.24) is 0 Å². The Bertz CT molecular complexity index is 1160. The fourth-order valence-corrected chi connectivity index (χ4v) is 2.87. The summed E-state index contributed by atoms with van der Waals surface area (Å²) in [6, 6.07) is 24.1. The lowest BCUT2D eigenvalue weighted by atomic mass is 10.0. The van der Waals surface area contributed by atoms with E-state index in [2.05, 4.69) is 6.07 Å². The molecule has 0 bridgehead atoms. The Kier molecular flexibility index (Phi) is 7.23. The molecule has 0 atom stereocenters. The molecule has 0 unspecified atom stereocenters. The summed E-state index contributed by atoms with van der Waals surface area (Å²) in [4.78, 5) is 12.3. The molecule has 0 spiro atoms. The van der Waals surface area contributed by atoms with Crippen LogP contribution in [0.3, 0.4) is 0 Å².